The largest absolute Gasteiger partial charge is 0.390 e. The van der Waals surface area contributed by atoms with E-state index >= 15 is 0 Å². The molecule has 1 aromatic carbocycles. The smallest absolute Gasteiger partial charge is 0.0871 e. The minimum atomic E-state index is -0.332. The Kier molecular flexibility index (Phi) is 3.17. The average Bonchev–Trinajstić information content (AvgIpc) is 2.71. The van der Waals surface area contributed by atoms with Gasteiger partial charge in [0.1, 0.15) is 0 Å². The number of rotatable bonds is 2. The summed E-state index contributed by atoms with van der Waals surface area (Å²) in [5.74, 6) is 0. The van der Waals surface area contributed by atoms with Gasteiger partial charge in [-0.3, -0.25) is 0 Å². The van der Waals surface area contributed by atoms with Crippen molar-refractivity contribution in [2.75, 3.05) is 13.1 Å². The van der Waals surface area contributed by atoms with E-state index in [0.29, 0.717) is 6.54 Å². The molecule has 100 valence electrons. The zero-order chi connectivity index (χ0) is 13.4. The SMILES string of the molecule is C=Cc1c(C)n(C2CCNCC2O)c2ccccc12. The topological polar surface area (TPSA) is 37.2 Å². The zero-order valence-corrected chi connectivity index (χ0v) is 11.3. The van der Waals surface area contributed by atoms with Crippen LogP contribution in [0.4, 0.5) is 0 Å². The summed E-state index contributed by atoms with van der Waals surface area (Å²) >= 11 is 0. The van der Waals surface area contributed by atoms with Gasteiger partial charge in [0, 0.05) is 28.7 Å². The lowest BCUT2D eigenvalue weighted by Gasteiger charge is -2.31. The predicted octanol–water partition coefficient (Wildman–Crippen LogP) is 2.49. The standard InChI is InChI=1S/C16H20N2O/c1-3-12-11(2)18(14-7-5-4-6-13(12)14)15-8-9-17-10-16(15)19/h3-7,15-17,19H,1,8-10H2,2H3. The molecule has 1 saturated heterocycles. The fraction of sp³-hybridized carbons (Fsp3) is 0.375. The molecular weight excluding hydrogens is 236 g/mol. The lowest BCUT2D eigenvalue weighted by atomic mass is 10.0. The monoisotopic (exact) mass is 256 g/mol. The third-order valence-electron chi connectivity index (χ3n) is 4.16. The van der Waals surface area contributed by atoms with Crippen molar-refractivity contribution in [2.45, 2.75) is 25.5 Å². The van der Waals surface area contributed by atoms with Gasteiger partial charge >= 0.3 is 0 Å². The van der Waals surface area contributed by atoms with Crippen molar-refractivity contribution in [1.82, 2.24) is 9.88 Å². The second-order valence-corrected chi connectivity index (χ2v) is 5.22. The number of hydrogen-bond donors (Lipinski definition) is 2. The van der Waals surface area contributed by atoms with Crippen LogP contribution in [0.25, 0.3) is 17.0 Å². The number of aromatic nitrogens is 1. The van der Waals surface area contributed by atoms with E-state index in [-0.39, 0.29) is 12.1 Å². The van der Waals surface area contributed by atoms with E-state index in [4.69, 9.17) is 0 Å². The highest BCUT2D eigenvalue weighted by Gasteiger charge is 2.27. The summed E-state index contributed by atoms with van der Waals surface area (Å²) in [4.78, 5) is 0. The molecule has 0 radical (unpaired) electrons. The third kappa shape index (κ3) is 1.90. The van der Waals surface area contributed by atoms with Gasteiger partial charge < -0.3 is 15.0 Å². The van der Waals surface area contributed by atoms with Gasteiger partial charge in [-0.05, 0) is 26.0 Å². The van der Waals surface area contributed by atoms with Gasteiger partial charge in [-0.25, -0.2) is 0 Å². The van der Waals surface area contributed by atoms with Crippen molar-refractivity contribution in [1.29, 1.82) is 0 Å². The maximum absolute atomic E-state index is 10.3. The molecule has 0 amide bonds. The summed E-state index contributed by atoms with van der Waals surface area (Å²) in [6.07, 6.45) is 2.54. The van der Waals surface area contributed by atoms with Crippen molar-refractivity contribution >= 4 is 17.0 Å². The fourth-order valence-corrected chi connectivity index (χ4v) is 3.23. The Hall–Kier alpha value is -1.58. The fourth-order valence-electron chi connectivity index (χ4n) is 3.23. The maximum atomic E-state index is 10.3. The van der Waals surface area contributed by atoms with Gasteiger partial charge in [0.05, 0.1) is 12.1 Å². The van der Waals surface area contributed by atoms with E-state index in [1.165, 1.54) is 22.2 Å². The number of piperidine rings is 1. The number of β-amino-alcohol motifs (C(OH)–C–C–N with tert-alkyl or cyclic N) is 1. The number of para-hydroxylation sites is 1. The highest BCUT2D eigenvalue weighted by Crippen LogP contribution is 2.32. The van der Waals surface area contributed by atoms with Crippen LogP contribution < -0.4 is 5.32 Å². The number of fused-ring (bicyclic) bond motifs is 1. The predicted molar refractivity (Wildman–Crippen MR) is 79.3 cm³/mol. The molecule has 3 rings (SSSR count). The van der Waals surface area contributed by atoms with Crippen LogP contribution in [0.3, 0.4) is 0 Å². The van der Waals surface area contributed by atoms with E-state index in [1.54, 1.807) is 0 Å². The molecule has 3 heteroatoms. The lowest BCUT2D eigenvalue weighted by molar-refractivity contribution is 0.0885. The van der Waals surface area contributed by atoms with Crippen LogP contribution in [0.1, 0.15) is 23.7 Å². The molecule has 1 aromatic heterocycles. The number of aliphatic hydroxyl groups excluding tert-OH is 1. The van der Waals surface area contributed by atoms with Crippen molar-refractivity contribution in [3.8, 4) is 0 Å². The van der Waals surface area contributed by atoms with Crippen molar-refractivity contribution in [3.05, 3.63) is 42.1 Å². The van der Waals surface area contributed by atoms with Gasteiger partial charge in [-0.1, -0.05) is 30.9 Å². The Morgan fingerprint density at radius 2 is 2.21 bits per heavy atom. The van der Waals surface area contributed by atoms with E-state index in [2.05, 4.69) is 47.7 Å². The Labute approximate surface area is 113 Å². The van der Waals surface area contributed by atoms with Gasteiger partial charge in [0.2, 0.25) is 0 Å². The molecule has 0 saturated carbocycles. The van der Waals surface area contributed by atoms with Gasteiger partial charge in [-0.15, -0.1) is 0 Å². The van der Waals surface area contributed by atoms with Crippen LogP contribution >= 0.6 is 0 Å². The molecule has 0 spiro atoms. The molecule has 0 bridgehead atoms. The van der Waals surface area contributed by atoms with Crippen LogP contribution in [-0.4, -0.2) is 28.9 Å². The zero-order valence-electron chi connectivity index (χ0n) is 11.3. The molecular formula is C16H20N2O. The summed E-state index contributed by atoms with van der Waals surface area (Å²) in [5, 5.41) is 14.7. The summed E-state index contributed by atoms with van der Waals surface area (Å²) in [6.45, 7) is 7.67. The molecule has 1 fully saturated rings. The molecule has 2 unspecified atom stereocenters. The Morgan fingerprint density at radius 3 is 2.95 bits per heavy atom. The summed E-state index contributed by atoms with van der Waals surface area (Å²) < 4.78 is 2.29. The third-order valence-corrected chi connectivity index (χ3v) is 4.16. The summed E-state index contributed by atoms with van der Waals surface area (Å²) in [5.41, 5.74) is 3.57. The van der Waals surface area contributed by atoms with Gasteiger partial charge in [-0.2, -0.15) is 0 Å². The molecule has 2 aromatic rings. The van der Waals surface area contributed by atoms with Crippen molar-refractivity contribution < 1.29 is 5.11 Å². The highest BCUT2D eigenvalue weighted by molar-refractivity contribution is 5.91. The molecule has 19 heavy (non-hydrogen) atoms. The first kappa shape index (κ1) is 12.5. The van der Waals surface area contributed by atoms with E-state index < -0.39 is 0 Å². The minimum absolute atomic E-state index is 0.153. The number of nitrogens with one attached hydrogen (secondary N) is 1. The van der Waals surface area contributed by atoms with Crippen LogP contribution in [0, 0.1) is 6.92 Å². The number of nitrogens with zero attached hydrogens (tertiary/aromatic N) is 1. The Bertz CT molecular complexity index is 614. The molecule has 1 aliphatic rings. The van der Waals surface area contributed by atoms with Crippen molar-refractivity contribution in [3.63, 3.8) is 0 Å². The first-order valence-electron chi connectivity index (χ1n) is 6.84. The first-order valence-corrected chi connectivity index (χ1v) is 6.84. The van der Waals surface area contributed by atoms with Crippen LogP contribution in [-0.2, 0) is 0 Å². The molecule has 1 aliphatic heterocycles. The highest BCUT2D eigenvalue weighted by atomic mass is 16.3. The first-order chi connectivity index (χ1) is 9.24. The number of aliphatic hydroxyl groups is 1. The van der Waals surface area contributed by atoms with Crippen LogP contribution in [0.2, 0.25) is 0 Å². The second-order valence-electron chi connectivity index (χ2n) is 5.22. The minimum Gasteiger partial charge on any atom is -0.390 e. The van der Waals surface area contributed by atoms with E-state index in [9.17, 15) is 5.11 Å². The molecule has 2 N–H and O–H groups in total. The average molecular weight is 256 g/mol. The summed E-state index contributed by atoms with van der Waals surface area (Å²) in [7, 11) is 0. The number of hydrogen-bond acceptors (Lipinski definition) is 2. The molecule has 0 aliphatic carbocycles. The van der Waals surface area contributed by atoms with E-state index in [0.717, 1.165) is 13.0 Å². The molecule has 3 nitrogen and oxygen atoms in total. The Morgan fingerprint density at radius 1 is 1.42 bits per heavy atom. The second kappa shape index (κ2) is 4.83. The number of benzene rings is 1. The Balaban J connectivity index is 2.22. The quantitative estimate of drug-likeness (QED) is 0.866. The summed E-state index contributed by atoms with van der Waals surface area (Å²) in [6, 6.07) is 8.52. The van der Waals surface area contributed by atoms with Crippen molar-refractivity contribution in [2.24, 2.45) is 0 Å². The van der Waals surface area contributed by atoms with Gasteiger partial charge in [0.25, 0.3) is 0 Å². The van der Waals surface area contributed by atoms with E-state index in [1.807, 2.05) is 6.08 Å². The lowest BCUT2D eigenvalue weighted by Crippen LogP contribution is -2.41. The normalized spacial score (nSPS) is 23.7. The maximum Gasteiger partial charge on any atom is 0.0871 e. The molecule has 2 atom stereocenters. The van der Waals surface area contributed by atoms with Crippen LogP contribution in [0.5, 0.6) is 0 Å². The molecule has 2 heterocycles. The van der Waals surface area contributed by atoms with Crippen LogP contribution in [0.15, 0.2) is 30.8 Å². The van der Waals surface area contributed by atoms with Gasteiger partial charge in [0.15, 0.2) is 0 Å².